The van der Waals surface area contributed by atoms with E-state index in [1.54, 1.807) is 23.1 Å². The molecule has 1 aromatic carbocycles. The summed E-state index contributed by atoms with van der Waals surface area (Å²) in [5.74, 6) is 0.658. The molecule has 7 heteroatoms. The molecule has 5 nitrogen and oxygen atoms in total. The van der Waals surface area contributed by atoms with Crippen LogP contribution in [0.15, 0.2) is 24.3 Å². The summed E-state index contributed by atoms with van der Waals surface area (Å²) in [6, 6.07) is 6.42. The fourth-order valence-electron chi connectivity index (χ4n) is 3.06. The van der Waals surface area contributed by atoms with Gasteiger partial charge in [-0.2, -0.15) is 5.10 Å². The molecular weight excluding hydrogens is 315 g/mol. The third kappa shape index (κ3) is 3.34. The number of H-pyrrole nitrogens is 1. The summed E-state index contributed by atoms with van der Waals surface area (Å²) in [5.41, 5.74) is 0.442. The van der Waals surface area contributed by atoms with Gasteiger partial charge in [-0.1, -0.05) is 18.2 Å². The van der Waals surface area contributed by atoms with Gasteiger partial charge in [0.25, 0.3) is 0 Å². The number of aromatic nitrogens is 3. The van der Waals surface area contributed by atoms with Crippen molar-refractivity contribution in [2.75, 3.05) is 13.1 Å². The summed E-state index contributed by atoms with van der Waals surface area (Å²) in [4.78, 5) is 14.3. The van der Waals surface area contributed by atoms with Crippen molar-refractivity contribution in [1.29, 1.82) is 0 Å². The van der Waals surface area contributed by atoms with E-state index in [4.69, 9.17) is 12.2 Å². The maximum atomic E-state index is 13.7. The number of benzene rings is 1. The van der Waals surface area contributed by atoms with E-state index in [2.05, 4.69) is 10.2 Å². The van der Waals surface area contributed by atoms with Crippen LogP contribution in [0, 0.1) is 10.6 Å². The van der Waals surface area contributed by atoms with E-state index in [1.807, 2.05) is 11.6 Å². The lowest BCUT2D eigenvalue weighted by Crippen LogP contribution is -2.40. The molecule has 1 aromatic heterocycles. The van der Waals surface area contributed by atoms with E-state index in [0.717, 1.165) is 18.7 Å². The maximum Gasteiger partial charge on any atom is 0.227 e. The van der Waals surface area contributed by atoms with Gasteiger partial charge in [-0.05, 0) is 36.7 Å². The molecule has 0 radical (unpaired) electrons. The van der Waals surface area contributed by atoms with Crippen molar-refractivity contribution < 1.29 is 9.18 Å². The molecule has 23 heavy (non-hydrogen) atoms. The molecule has 0 aliphatic carbocycles. The molecule has 0 saturated carbocycles. The number of amides is 1. The molecule has 1 amide bonds. The van der Waals surface area contributed by atoms with Gasteiger partial charge in [0.15, 0.2) is 4.77 Å². The fourth-order valence-corrected chi connectivity index (χ4v) is 3.19. The molecule has 122 valence electrons. The van der Waals surface area contributed by atoms with Gasteiger partial charge in [0.1, 0.15) is 11.6 Å². The van der Waals surface area contributed by atoms with Crippen molar-refractivity contribution in [3.63, 3.8) is 0 Å². The summed E-state index contributed by atoms with van der Waals surface area (Å²) in [7, 11) is 1.88. The molecule has 1 unspecified atom stereocenters. The molecule has 1 atom stereocenters. The first-order chi connectivity index (χ1) is 11.1. The van der Waals surface area contributed by atoms with Crippen LogP contribution in [0.4, 0.5) is 4.39 Å². The van der Waals surface area contributed by atoms with Crippen LogP contribution in [-0.4, -0.2) is 38.7 Å². The Morgan fingerprint density at radius 3 is 2.96 bits per heavy atom. The molecule has 1 aliphatic heterocycles. The minimum absolute atomic E-state index is 0.0448. The second-order valence-electron chi connectivity index (χ2n) is 5.89. The van der Waals surface area contributed by atoms with Gasteiger partial charge in [0, 0.05) is 26.1 Å². The minimum Gasteiger partial charge on any atom is -0.342 e. The van der Waals surface area contributed by atoms with E-state index >= 15 is 0 Å². The number of nitrogens with one attached hydrogen (secondary N) is 1. The van der Waals surface area contributed by atoms with Crippen LogP contribution >= 0.6 is 12.2 Å². The predicted molar refractivity (Wildman–Crippen MR) is 87.1 cm³/mol. The summed E-state index contributed by atoms with van der Waals surface area (Å²) in [6.07, 6.45) is 1.97. The van der Waals surface area contributed by atoms with Crippen molar-refractivity contribution in [3.05, 3.63) is 46.2 Å². The highest BCUT2D eigenvalue weighted by atomic mass is 32.1. The summed E-state index contributed by atoms with van der Waals surface area (Å²) < 4.78 is 16.1. The Morgan fingerprint density at radius 2 is 2.26 bits per heavy atom. The topological polar surface area (TPSA) is 53.9 Å². The van der Waals surface area contributed by atoms with Crippen molar-refractivity contribution in [1.82, 2.24) is 19.7 Å². The first-order valence-corrected chi connectivity index (χ1v) is 8.09. The number of aromatic amines is 1. The van der Waals surface area contributed by atoms with Crippen LogP contribution in [0.3, 0.4) is 0 Å². The first kappa shape index (κ1) is 15.9. The van der Waals surface area contributed by atoms with Gasteiger partial charge in [-0.15, -0.1) is 0 Å². The Hall–Kier alpha value is -2.02. The Bertz CT molecular complexity index is 769. The quantitative estimate of drug-likeness (QED) is 0.878. The number of rotatable bonds is 3. The monoisotopic (exact) mass is 334 g/mol. The molecule has 0 spiro atoms. The second kappa shape index (κ2) is 6.62. The van der Waals surface area contributed by atoms with E-state index in [-0.39, 0.29) is 24.1 Å². The van der Waals surface area contributed by atoms with Gasteiger partial charge >= 0.3 is 0 Å². The van der Waals surface area contributed by atoms with E-state index in [1.165, 1.54) is 6.07 Å². The van der Waals surface area contributed by atoms with Gasteiger partial charge < -0.3 is 9.47 Å². The van der Waals surface area contributed by atoms with Crippen LogP contribution < -0.4 is 0 Å². The highest BCUT2D eigenvalue weighted by molar-refractivity contribution is 7.71. The highest BCUT2D eigenvalue weighted by Crippen LogP contribution is 2.25. The minimum atomic E-state index is -0.330. The fraction of sp³-hybridized carbons (Fsp3) is 0.438. The van der Waals surface area contributed by atoms with Crippen LogP contribution in [0.25, 0.3) is 0 Å². The molecule has 1 fully saturated rings. The molecule has 0 bridgehead atoms. The number of carbonyl (C=O) groups is 1. The molecule has 1 N–H and O–H groups in total. The highest BCUT2D eigenvalue weighted by Gasteiger charge is 2.27. The Labute approximate surface area is 139 Å². The second-order valence-corrected chi connectivity index (χ2v) is 6.28. The number of nitrogens with zero attached hydrogens (tertiary/aromatic N) is 3. The lowest BCUT2D eigenvalue weighted by atomic mass is 9.96. The van der Waals surface area contributed by atoms with Gasteiger partial charge in [0.2, 0.25) is 5.91 Å². The summed E-state index contributed by atoms with van der Waals surface area (Å²) in [5, 5.41) is 7.07. The largest absolute Gasteiger partial charge is 0.342 e. The Morgan fingerprint density at radius 1 is 1.48 bits per heavy atom. The number of likely N-dealkylation sites (tertiary alicyclic amines) is 1. The van der Waals surface area contributed by atoms with Crippen molar-refractivity contribution in [2.45, 2.75) is 25.2 Å². The van der Waals surface area contributed by atoms with Gasteiger partial charge in [-0.25, -0.2) is 4.39 Å². The number of hydrogen-bond donors (Lipinski definition) is 1. The lowest BCUT2D eigenvalue weighted by molar-refractivity contribution is -0.131. The molecule has 2 heterocycles. The smallest absolute Gasteiger partial charge is 0.227 e. The SMILES string of the molecule is Cn1c(C2CCCN(C(=O)Cc3ccccc3F)C2)n[nH]c1=S. The Kier molecular flexibility index (Phi) is 4.56. The zero-order chi connectivity index (χ0) is 16.4. The standard InChI is InChI=1S/C16H19FN4OS/c1-20-15(18-19-16(20)23)12-6-4-8-21(10-12)14(22)9-11-5-2-3-7-13(11)17/h2-3,5,7,12H,4,6,8-10H2,1H3,(H,19,23). The van der Waals surface area contributed by atoms with Gasteiger partial charge in [-0.3, -0.25) is 9.89 Å². The normalized spacial score (nSPS) is 18.2. The predicted octanol–water partition coefficient (Wildman–Crippen LogP) is 2.57. The summed E-state index contributed by atoms with van der Waals surface area (Å²) >= 11 is 5.15. The molecule has 1 saturated heterocycles. The zero-order valence-corrected chi connectivity index (χ0v) is 13.8. The van der Waals surface area contributed by atoms with Crippen LogP contribution in [0.2, 0.25) is 0 Å². The molecular formula is C16H19FN4OS. The number of piperidine rings is 1. The average molecular weight is 334 g/mol. The third-order valence-electron chi connectivity index (χ3n) is 4.35. The van der Waals surface area contributed by atoms with E-state index in [0.29, 0.717) is 23.4 Å². The molecule has 3 rings (SSSR count). The number of halogens is 1. The molecule has 1 aliphatic rings. The van der Waals surface area contributed by atoms with Crippen LogP contribution in [0.5, 0.6) is 0 Å². The zero-order valence-electron chi connectivity index (χ0n) is 13.0. The first-order valence-electron chi connectivity index (χ1n) is 7.68. The number of carbonyl (C=O) groups excluding carboxylic acids is 1. The maximum absolute atomic E-state index is 13.7. The Balaban J connectivity index is 1.71. The van der Waals surface area contributed by atoms with Crippen molar-refractivity contribution in [3.8, 4) is 0 Å². The van der Waals surface area contributed by atoms with Gasteiger partial charge in [0.05, 0.1) is 6.42 Å². The van der Waals surface area contributed by atoms with E-state index in [9.17, 15) is 9.18 Å². The lowest BCUT2D eigenvalue weighted by Gasteiger charge is -2.32. The third-order valence-corrected chi connectivity index (χ3v) is 4.72. The summed E-state index contributed by atoms with van der Waals surface area (Å²) in [6.45, 7) is 1.30. The molecule has 2 aromatic rings. The van der Waals surface area contributed by atoms with Crippen molar-refractivity contribution >= 4 is 18.1 Å². The van der Waals surface area contributed by atoms with Crippen LogP contribution in [-0.2, 0) is 18.3 Å². The van der Waals surface area contributed by atoms with Crippen LogP contribution in [0.1, 0.15) is 30.1 Å². The number of hydrogen-bond acceptors (Lipinski definition) is 3. The van der Waals surface area contributed by atoms with Crippen molar-refractivity contribution in [2.24, 2.45) is 7.05 Å². The van der Waals surface area contributed by atoms with E-state index < -0.39 is 0 Å². The average Bonchev–Trinajstić information content (AvgIpc) is 2.89.